The van der Waals surface area contributed by atoms with Crippen molar-refractivity contribution in [1.29, 1.82) is 0 Å². The highest BCUT2D eigenvalue weighted by molar-refractivity contribution is 5.97. The second-order valence-electron chi connectivity index (χ2n) is 7.12. The number of hydrogen-bond acceptors (Lipinski definition) is 3. The minimum atomic E-state index is -4.37. The van der Waals surface area contributed by atoms with E-state index in [1.807, 2.05) is 0 Å². The van der Waals surface area contributed by atoms with E-state index in [0.29, 0.717) is 48.6 Å². The summed E-state index contributed by atoms with van der Waals surface area (Å²) >= 11 is 0. The van der Waals surface area contributed by atoms with E-state index in [-0.39, 0.29) is 11.8 Å². The molecule has 8 heteroatoms. The van der Waals surface area contributed by atoms with Crippen molar-refractivity contribution in [3.8, 4) is 5.88 Å². The number of nitrogens with one attached hydrogen (secondary N) is 1. The van der Waals surface area contributed by atoms with E-state index >= 15 is 0 Å². The number of amides is 1. The van der Waals surface area contributed by atoms with Gasteiger partial charge in [-0.15, -0.1) is 0 Å². The van der Waals surface area contributed by atoms with E-state index in [0.717, 1.165) is 11.6 Å². The first-order valence-corrected chi connectivity index (χ1v) is 9.36. The number of aromatic amines is 1. The molecule has 0 atom stereocenters. The Balaban J connectivity index is 1.48. The molecule has 0 unspecified atom stereocenters. The third-order valence-electron chi connectivity index (χ3n) is 5.38. The third-order valence-corrected chi connectivity index (χ3v) is 5.38. The van der Waals surface area contributed by atoms with Gasteiger partial charge in [0.05, 0.1) is 23.7 Å². The second-order valence-corrected chi connectivity index (χ2v) is 7.12. The number of ether oxygens (including phenoxy) is 1. The summed E-state index contributed by atoms with van der Waals surface area (Å²) in [5, 5.41) is 0. The van der Waals surface area contributed by atoms with Gasteiger partial charge in [-0.3, -0.25) is 4.79 Å². The molecule has 1 saturated heterocycles. The normalized spacial score (nSPS) is 15.7. The molecule has 5 nitrogen and oxygen atoms in total. The van der Waals surface area contributed by atoms with Gasteiger partial charge in [0.1, 0.15) is 5.69 Å². The molecule has 0 radical (unpaired) electrons. The molecule has 2 aromatic heterocycles. The van der Waals surface area contributed by atoms with E-state index in [1.54, 1.807) is 35.2 Å². The first-order valence-electron chi connectivity index (χ1n) is 9.36. The van der Waals surface area contributed by atoms with Crippen LogP contribution in [0.3, 0.4) is 0 Å². The molecule has 0 saturated carbocycles. The van der Waals surface area contributed by atoms with Crippen molar-refractivity contribution in [3.63, 3.8) is 0 Å². The molecular weight excluding hydrogens is 383 g/mol. The molecule has 1 aliphatic rings. The monoisotopic (exact) mass is 403 g/mol. The van der Waals surface area contributed by atoms with Gasteiger partial charge in [-0.2, -0.15) is 13.2 Å². The molecule has 152 valence electrons. The van der Waals surface area contributed by atoms with Gasteiger partial charge in [0, 0.05) is 19.2 Å². The molecule has 0 aliphatic carbocycles. The van der Waals surface area contributed by atoms with Crippen LogP contribution in [-0.2, 0) is 6.18 Å². The van der Waals surface area contributed by atoms with Crippen molar-refractivity contribution >= 4 is 16.9 Å². The first kappa shape index (κ1) is 19.3. The van der Waals surface area contributed by atoms with Crippen molar-refractivity contribution in [2.24, 2.45) is 0 Å². The predicted molar refractivity (Wildman–Crippen MR) is 102 cm³/mol. The lowest BCUT2D eigenvalue weighted by Crippen LogP contribution is -2.38. The highest BCUT2D eigenvalue weighted by Gasteiger charge is 2.36. The minimum Gasteiger partial charge on any atom is -0.481 e. The van der Waals surface area contributed by atoms with E-state index < -0.39 is 11.7 Å². The molecule has 1 amide bonds. The van der Waals surface area contributed by atoms with Gasteiger partial charge in [0.15, 0.2) is 0 Å². The lowest BCUT2D eigenvalue weighted by molar-refractivity contribution is -0.138. The van der Waals surface area contributed by atoms with Gasteiger partial charge in [0.25, 0.3) is 5.91 Å². The fraction of sp³-hybridized carbons (Fsp3) is 0.333. The number of likely N-dealkylation sites (tertiary alicyclic amines) is 1. The van der Waals surface area contributed by atoms with Crippen LogP contribution in [0.1, 0.15) is 40.4 Å². The molecule has 3 heterocycles. The Morgan fingerprint density at radius 2 is 1.90 bits per heavy atom. The smallest absolute Gasteiger partial charge is 0.416 e. The number of piperidine rings is 1. The van der Waals surface area contributed by atoms with Crippen molar-refractivity contribution in [2.75, 3.05) is 20.2 Å². The highest BCUT2D eigenvalue weighted by Crippen LogP contribution is 2.38. The molecule has 1 aromatic carbocycles. The van der Waals surface area contributed by atoms with E-state index in [1.165, 1.54) is 13.2 Å². The number of hydrogen-bond donors (Lipinski definition) is 1. The number of rotatable bonds is 3. The van der Waals surface area contributed by atoms with Gasteiger partial charge in [0.2, 0.25) is 5.88 Å². The van der Waals surface area contributed by atoms with E-state index in [9.17, 15) is 18.0 Å². The summed E-state index contributed by atoms with van der Waals surface area (Å²) in [6.07, 6.45) is -3.39. The fourth-order valence-corrected chi connectivity index (χ4v) is 3.89. The average Bonchev–Trinajstić information content (AvgIpc) is 3.16. The number of alkyl halides is 3. The van der Waals surface area contributed by atoms with Gasteiger partial charge >= 0.3 is 6.18 Å². The Bertz CT molecular complexity index is 1040. The SMILES string of the molecule is COc1ccc2[nH]c(C(=O)N3CCC(c4ccccc4C(F)(F)F)CC3)cc2n1. The van der Waals surface area contributed by atoms with E-state index in [4.69, 9.17) is 4.74 Å². The Hall–Kier alpha value is -3.03. The number of nitrogens with zero attached hydrogens (tertiary/aromatic N) is 2. The lowest BCUT2D eigenvalue weighted by atomic mass is 9.86. The quantitative estimate of drug-likeness (QED) is 0.695. The number of benzene rings is 1. The van der Waals surface area contributed by atoms with Crippen molar-refractivity contribution in [3.05, 3.63) is 59.3 Å². The summed E-state index contributed by atoms with van der Waals surface area (Å²) in [4.78, 5) is 21.9. The van der Waals surface area contributed by atoms with Crippen molar-refractivity contribution in [2.45, 2.75) is 24.9 Å². The number of H-pyrrole nitrogens is 1. The Kier molecular flexibility index (Phi) is 4.94. The number of carbonyl (C=O) groups excluding carboxylic acids is 1. The maximum absolute atomic E-state index is 13.3. The van der Waals surface area contributed by atoms with Crippen LogP contribution in [0.25, 0.3) is 11.0 Å². The summed E-state index contributed by atoms with van der Waals surface area (Å²) in [7, 11) is 1.52. The summed E-state index contributed by atoms with van der Waals surface area (Å²) < 4.78 is 45.0. The number of methoxy groups -OCH3 is 1. The van der Waals surface area contributed by atoms with E-state index in [2.05, 4.69) is 9.97 Å². The van der Waals surface area contributed by atoms with Crippen molar-refractivity contribution < 1.29 is 22.7 Å². The van der Waals surface area contributed by atoms with Crippen LogP contribution in [-0.4, -0.2) is 41.0 Å². The third kappa shape index (κ3) is 3.79. The van der Waals surface area contributed by atoms with Gasteiger partial charge in [-0.1, -0.05) is 18.2 Å². The van der Waals surface area contributed by atoms with Crippen LogP contribution in [0.15, 0.2) is 42.5 Å². The highest BCUT2D eigenvalue weighted by atomic mass is 19.4. The fourth-order valence-electron chi connectivity index (χ4n) is 3.89. The average molecular weight is 403 g/mol. The largest absolute Gasteiger partial charge is 0.481 e. The number of pyridine rings is 1. The molecular formula is C21H20F3N3O2. The maximum atomic E-state index is 13.3. The Morgan fingerprint density at radius 3 is 2.59 bits per heavy atom. The second kappa shape index (κ2) is 7.42. The maximum Gasteiger partial charge on any atom is 0.416 e. The molecule has 4 rings (SSSR count). The Labute approximate surface area is 165 Å². The summed E-state index contributed by atoms with van der Waals surface area (Å²) in [5.74, 6) is 0.0645. The number of halogens is 3. The van der Waals surface area contributed by atoms with Crippen LogP contribution >= 0.6 is 0 Å². The number of aromatic nitrogens is 2. The zero-order valence-electron chi connectivity index (χ0n) is 15.8. The number of fused-ring (bicyclic) bond motifs is 1. The zero-order valence-corrected chi connectivity index (χ0v) is 15.8. The van der Waals surface area contributed by atoms with Crippen LogP contribution < -0.4 is 4.74 Å². The lowest BCUT2D eigenvalue weighted by Gasteiger charge is -2.33. The molecule has 29 heavy (non-hydrogen) atoms. The summed E-state index contributed by atoms with van der Waals surface area (Å²) in [5.41, 5.74) is 1.49. The van der Waals surface area contributed by atoms with Gasteiger partial charge in [-0.25, -0.2) is 4.98 Å². The Morgan fingerprint density at radius 1 is 1.17 bits per heavy atom. The molecule has 0 bridgehead atoms. The summed E-state index contributed by atoms with van der Waals surface area (Å²) in [6, 6.07) is 10.9. The predicted octanol–water partition coefficient (Wildman–Crippen LogP) is 4.61. The minimum absolute atomic E-state index is 0.176. The molecule has 0 spiro atoms. The van der Waals surface area contributed by atoms with Crippen LogP contribution in [0.2, 0.25) is 0 Å². The first-order chi connectivity index (χ1) is 13.9. The molecule has 1 N–H and O–H groups in total. The molecule has 1 aliphatic heterocycles. The standard InChI is InChI=1S/C21H20F3N3O2/c1-29-19-7-6-16-17(26-19)12-18(25-16)20(28)27-10-8-13(9-11-27)14-4-2-3-5-15(14)21(22,23)24/h2-7,12-13,25H,8-11H2,1H3. The van der Waals surface area contributed by atoms with Gasteiger partial charge in [-0.05, 0) is 42.5 Å². The van der Waals surface area contributed by atoms with Crippen molar-refractivity contribution in [1.82, 2.24) is 14.9 Å². The zero-order chi connectivity index (χ0) is 20.6. The molecule has 1 fully saturated rings. The number of carbonyl (C=O) groups is 1. The molecule has 3 aromatic rings. The van der Waals surface area contributed by atoms with Crippen LogP contribution in [0.4, 0.5) is 13.2 Å². The van der Waals surface area contributed by atoms with Crippen LogP contribution in [0, 0.1) is 0 Å². The van der Waals surface area contributed by atoms with Gasteiger partial charge < -0.3 is 14.6 Å². The van der Waals surface area contributed by atoms with Crippen LogP contribution in [0.5, 0.6) is 5.88 Å². The summed E-state index contributed by atoms with van der Waals surface area (Å²) in [6.45, 7) is 0.809. The topological polar surface area (TPSA) is 58.2 Å².